The van der Waals surface area contributed by atoms with E-state index in [0.717, 1.165) is 33.9 Å². The molecule has 0 spiro atoms. The second-order valence-electron chi connectivity index (χ2n) is 6.94. The molecule has 0 radical (unpaired) electrons. The number of ether oxygens (including phenoxy) is 3. The van der Waals surface area contributed by atoms with Crippen LogP contribution in [0.5, 0.6) is 5.75 Å². The van der Waals surface area contributed by atoms with Gasteiger partial charge in [0, 0.05) is 18.5 Å². The Kier molecular flexibility index (Phi) is 7.69. The van der Waals surface area contributed by atoms with Gasteiger partial charge >= 0.3 is 5.97 Å². The third-order valence-electron chi connectivity index (χ3n) is 4.64. The van der Waals surface area contributed by atoms with Gasteiger partial charge in [0.1, 0.15) is 25.1 Å². The zero-order chi connectivity index (χ0) is 20.6. The predicted molar refractivity (Wildman–Crippen MR) is 113 cm³/mol. The highest BCUT2D eigenvalue weighted by Crippen LogP contribution is 2.31. The molecule has 3 rings (SSSR count). The number of nitrogens with two attached hydrogens (primary N) is 1. The molecule has 1 aliphatic heterocycles. The molecular formula is C23H26ClNO4. The van der Waals surface area contributed by atoms with Crippen LogP contribution in [0.15, 0.2) is 54.6 Å². The lowest BCUT2D eigenvalue weighted by Crippen LogP contribution is -2.24. The van der Waals surface area contributed by atoms with E-state index in [0.29, 0.717) is 19.6 Å². The average Bonchev–Trinajstić information content (AvgIpc) is 2.73. The van der Waals surface area contributed by atoms with Crippen molar-refractivity contribution in [1.82, 2.24) is 0 Å². The minimum Gasteiger partial charge on any atom is -0.492 e. The molecule has 154 valence electrons. The summed E-state index contributed by atoms with van der Waals surface area (Å²) in [6.07, 6.45) is 5.15. The summed E-state index contributed by atoms with van der Waals surface area (Å²) in [5.41, 5.74) is 8.70. The number of esters is 1. The molecule has 0 saturated heterocycles. The summed E-state index contributed by atoms with van der Waals surface area (Å²) in [5, 5.41) is 0.722. The van der Waals surface area contributed by atoms with Crippen molar-refractivity contribution >= 4 is 17.6 Å². The molecule has 0 fully saturated rings. The lowest BCUT2D eigenvalue weighted by Gasteiger charge is -2.26. The number of hydrogen-bond donors (Lipinski definition) is 1. The van der Waals surface area contributed by atoms with Crippen LogP contribution < -0.4 is 10.5 Å². The number of carbonyl (C=O) groups is 1. The fraction of sp³-hybridized carbons (Fsp3) is 0.348. The fourth-order valence-electron chi connectivity index (χ4n) is 3.21. The summed E-state index contributed by atoms with van der Waals surface area (Å²) in [6.45, 7) is 2.61. The van der Waals surface area contributed by atoms with Gasteiger partial charge < -0.3 is 19.9 Å². The van der Waals surface area contributed by atoms with Crippen molar-refractivity contribution in [2.45, 2.75) is 32.0 Å². The first-order valence-electron chi connectivity index (χ1n) is 9.70. The van der Waals surface area contributed by atoms with Crippen molar-refractivity contribution in [3.63, 3.8) is 0 Å². The van der Waals surface area contributed by atoms with Gasteiger partial charge in [-0.1, -0.05) is 48.0 Å². The first-order valence-corrected chi connectivity index (χ1v) is 10.1. The van der Waals surface area contributed by atoms with E-state index in [1.54, 1.807) is 0 Å². The molecule has 0 amide bonds. The van der Waals surface area contributed by atoms with Crippen molar-refractivity contribution in [2.24, 2.45) is 5.73 Å². The summed E-state index contributed by atoms with van der Waals surface area (Å²) < 4.78 is 16.7. The topological polar surface area (TPSA) is 70.8 Å². The van der Waals surface area contributed by atoms with Crippen molar-refractivity contribution in [3.05, 3.63) is 76.3 Å². The van der Waals surface area contributed by atoms with E-state index in [1.165, 1.54) is 6.92 Å². The smallest absolute Gasteiger partial charge is 0.302 e. The van der Waals surface area contributed by atoms with Crippen molar-refractivity contribution in [1.29, 1.82) is 0 Å². The van der Waals surface area contributed by atoms with Crippen LogP contribution >= 0.6 is 11.6 Å². The Hall–Kier alpha value is -2.34. The number of halogens is 1. The molecular weight excluding hydrogens is 390 g/mol. The monoisotopic (exact) mass is 415 g/mol. The van der Waals surface area contributed by atoms with E-state index in [2.05, 4.69) is 12.1 Å². The predicted octanol–water partition coefficient (Wildman–Crippen LogP) is 4.22. The summed E-state index contributed by atoms with van der Waals surface area (Å²) in [6, 6.07) is 13.9. The van der Waals surface area contributed by atoms with Crippen LogP contribution in [0.25, 0.3) is 0 Å². The van der Waals surface area contributed by atoms with Crippen LogP contribution in [0.3, 0.4) is 0 Å². The van der Waals surface area contributed by atoms with Crippen LogP contribution in [0.2, 0.25) is 5.02 Å². The van der Waals surface area contributed by atoms with Gasteiger partial charge in [0.15, 0.2) is 0 Å². The van der Waals surface area contributed by atoms with Gasteiger partial charge in [-0.3, -0.25) is 4.79 Å². The Balaban J connectivity index is 1.68. The Morgan fingerprint density at radius 1 is 1.24 bits per heavy atom. The number of rotatable bonds is 8. The van der Waals surface area contributed by atoms with Gasteiger partial charge in [0.05, 0.1) is 6.10 Å². The average molecular weight is 416 g/mol. The maximum Gasteiger partial charge on any atom is 0.302 e. The lowest BCUT2D eigenvalue weighted by atomic mass is 9.98. The fourth-order valence-corrected chi connectivity index (χ4v) is 3.39. The maximum atomic E-state index is 11.0. The molecule has 6 heteroatoms. The van der Waals surface area contributed by atoms with Gasteiger partial charge in [-0.05, 0) is 47.7 Å². The maximum absolute atomic E-state index is 11.0. The number of hydrogen-bond acceptors (Lipinski definition) is 5. The summed E-state index contributed by atoms with van der Waals surface area (Å²) in [5.74, 6) is 0.498. The first kappa shape index (κ1) is 21.4. The summed E-state index contributed by atoms with van der Waals surface area (Å²) in [4.78, 5) is 11.0. The van der Waals surface area contributed by atoms with Gasteiger partial charge in [0.2, 0.25) is 0 Å². The molecule has 2 atom stereocenters. The summed E-state index contributed by atoms with van der Waals surface area (Å²) >= 11 is 6.45. The highest BCUT2D eigenvalue weighted by atomic mass is 35.5. The minimum atomic E-state index is -0.308. The zero-order valence-corrected chi connectivity index (χ0v) is 17.2. The highest BCUT2D eigenvalue weighted by Gasteiger charge is 2.21. The molecule has 1 aliphatic rings. The molecule has 29 heavy (non-hydrogen) atoms. The van der Waals surface area contributed by atoms with Crippen molar-refractivity contribution < 1.29 is 19.0 Å². The molecule has 0 aliphatic carbocycles. The summed E-state index contributed by atoms with van der Waals surface area (Å²) in [7, 11) is 0. The second-order valence-corrected chi connectivity index (χ2v) is 7.35. The third kappa shape index (κ3) is 6.32. The lowest BCUT2D eigenvalue weighted by molar-refractivity contribution is -0.145. The minimum absolute atomic E-state index is 0.0939. The molecule has 5 nitrogen and oxygen atoms in total. The zero-order valence-electron chi connectivity index (χ0n) is 16.5. The SMILES string of the molecule is CC(=O)OCC1C=CCC(c2ccc(Cl)c(Cc3ccc(OCCN)cc3)c2)O1. The van der Waals surface area contributed by atoms with Crippen LogP contribution in [-0.4, -0.2) is 31.8 Å². The van der Waals surface area contributed by atoms with E-state index in [1.807, 2.05) is 42.5 Å². The Morgan fingerprint density at radius 3 is 2.76 bits per heavy atom. The van der Waals surface area contributed by atoms with Crippen molar-refractivity contribution in [3.8, 4) is 5.75 Å². The van der Waals surface area contributed by atoms with E-state index >= 15 is 0 Å². The number of benzene rings is 2. The van der Waals surface area contributed by atoms with Crippen LogP contribution in [0.4, 0.5) is 0 Å². The first-order chi connectivity index (χ1) is 14.0. The van der Waals surface area contributed by atoms with Gasteiger partial charge in [-0.25, -0.2) is 0 Å². The third-order valence-corrected chi connectivity index (χ3v) is 5.01. The van der Waals surface area contributed by atoms with Gasteiger partial charge in [0.25, 0.3) is 0 Å². The molecule has 2 aromatic carbocycles. The Labute approximate surface area is 176 Å². The highest BCUT2D eigenvalue weighted by molar-refractivity contribution is 6.31. The van der Waals surface area contributed by atoms with E-state index in [-0.39, 0.29) is 24.8 Å². The van der Waals surface area contributed by atoms with Gasteiger partial charge in [-0.15, -0.1) is 0 Å². The van der Waals surface area contributed by atoms with E-state index in [9.17, 15) is 4.79 Å². The Morgan fingerprint density at radius 2 is 2.03 bits per heavy atom. The largest absolute Gasteiger partial charge is 0.492 e. The van der Waals surface area contributed by atoms with E-state index < -0.39 is 0 Å². The molecule has 0 saturated carbocycles. The van der Waals surface area contributed by atoms with Gasteiger partial charge in [-0.2, -0.15) is 0 Å². The number of carbonyl (C=O) groups excluding carboxylic acids is 1. The molecule has 1 heterocycles. The molecule has 2 unspecified atom stereocenters. The van der Waals surface area contributed by atoms with Crippen molar-refractivity contribution in [2.75, 3.05) is 19.8 Å². The molecule has 0 aromatic heterocycles. The van der Waals surface area contributed by atoms with Crippen LogP contribution in [-0.2, 0) is 20.7 Å². The molecule has 0 bridgehead atoms. The standard InChI is InChI=1S/C23H26ClNO4/c1-16(26)28-15-21-3-2-4-23(29-21)18-7-10-22(24)19(14-18)13-17-5-8-20(9-6-17)27-12-11-25/h2-3,5-10,14,21,23H,4,11-13,15,25H2,1H3. The van der Waals surface area contributed by atoms with Crippen LogP contribution in [0, 0.1) is 0 Å². The molecule has 2 N–H and O–H groups in total. The Bertz CT molecular complexity index is 850. The molecule has 2 aromatic rings. The normalized spacial score (nSPS) is 18.4. The quantitative estimate of drug-likeness (QED) is 0.516. The van der Waals surface area contributed by atoms with E-state index in [4.69, 9.17) is 31.5 Å². The van der Waals surface area contributed by atoms with Crippen LogP contribution in [0.1, 0.15) is 36.1 Å². The second kappa shape index (κ2) is 10.4.